The number of methoxy groups -OCH3 is 2. The highest BCUT2D eigenvalue weighted by atomic mass is 79.9. The topological polar surface area (TPSA) is 83.8 Å². The summed E-state index contributed by atoms with van der Waals surface area (Å²) in [6, 6.07) is 10.8. The van der Waals surface area contributed by atoms with E-state index in [2.05, 4.69) is 26.3 Å². The minimum atomic E-state index is -0.823. The number of imide groups is 1. The summed E-state index contributed by atoms with van der Waals surface area (Å²) in [6.07, 6.45) is 0. The molecule has 28 heavy (non-hydrogen) atoms. The lowest BCUT2D eigenvalue weighted by Crippen LogP contribution is -2.39. The minimum absolute atomic E-state index is 0.335. The van der Waals surface area contributed by atoms with E-state index in [1.54, 1.807) is 43.5 Å². The number of anilines is 1. The quantitative estimate of drug-likeness (QED) is 0.661. The highest BCUT2D eigenvalue weighted by Crippen LogP contribution is 2.34. The van der Waals surface area contributed by atoms with Gasteiger partial charge in [-0.15, -0.1) is 0 Å². The predicted molar refractivity (Wildman–Crippen MR) is 104 cm³/mol. The molecule has 1 fully saturated rings. The lowest BCUT2D eigenvalue weighted by atomic mass is 10.1. The summed E-state index contributed by atoms with van der Waals surface area (Å²) in [5, 5.41) is 9.68. The molecule has 8 nitrogen and oxygen atoms in total. The molecule has 2 atom stereocenters. The molecule has 1 saturated heterocycles. The minimum Gasteiger partial charge on any atom is -0.497 e. The third-order valence-electron chi connectivity index (χ3n) is 4.75. The van der Waals surface area contributed by atoms with Gasteiger partial charge in [0.2, 0.25) is 0 Å². The Hall–Kier alpha value is -2.94. The van der Waals surface area contributed by atoms with Gasteiger partial charge in [-0.1, -0.05) is 11.3 Å². The molecule has 0 unspecified atom stereocenters. The molecule has 0 N–H and O–H groups in total. The van der Waals surface area contributed by atoms with Crippen molar-refractivity contribution in [1.29, 1.82) is 0 Å². The van der Waals surface area contributed by atoms with Crippen LogP contribution in [0.25, 0.3) is 0 Å². The lowest BCUT2D eigenvalue weighted by molar-refractivity contribution is -0.123. The molecule has 2 aromatic carbocycles. The van der Waals surface area contributed by atoms with Crippen LogP contribution < -0.4 is 14.4 Å². The van der Waals surface area contributed by atoms with Crippen LogP contribution in [0.2, 0.25) is 0 Å². The number of carbonyl (C=O) groups excluding carboxylic acids is 2. The highest BCUT2D eigenvalue weighted by molar-refractivity contribution is 9.10. The summed E-state index contributed by atoms with van der Waals surface area (Å²) in [5.41, 5.74) is 1.41. The fourth-order valence-electron chi connectivity index (χ4n) is 3.33. The number of carbonyl (C=O) groups is 2. The Morgan fingerprint density at radius 1 is 1.04 bits per heavy atom. The molecule has 0 bridgehead atoms. The number of halogens is 1. The predicted octanol–water partition coefficient (Wildman–Crippen LogP) is 2.96. The van der Waals surface area contributed by atoms with E-state index in [0.29, 0.717) is 23.7 Å². The zero-order chi connectivity index (χ0) is 19.8. The summed E-state index contributed by atoms with van der Waals surface area (Å²) in [4.78, 5) is 26.9. The summed E-state index contributed by atoms with van der Waals surface area (Å²) < 4.78 is 11.2. The van der Waals surface area contributed by atoms with E-state index in [9.17, 15) is 9.59 Å². The lowest BCUT2D eigenvalue weighted by Gasteiger charge is -2.21. The second kappa shape index (κ2) is 7.23. The van der Waals surface area contributed by atoms with Crippen LogP contribution in [0, 0.1) is 0 Å². The third kappa shape index (κ3) is 3.01. The van der Waals surface area contributed by atoms with Crippen molar-refractivity contribution in [2.75, 3.05) is 19.1 Å². The monoisotopic (exact) mass is 444 g/mol. The van der Waals surface area contributed by atoms with Crippen LogP contribution in [0.1, 0.15) is 5.56 Å². The van der Waals surface area contributed by atoms with E-state index in [1.807, 2.05) is 18.2 Å². The maximum Gasteiger partial charge on any atom is 0.263 e. The van der Waals surface area contributed by atoms with Gasteiger partial charge in [0.1, 0.15) is 11.5 Å². The molecule has 0 spiro atoms. The van der Waals surface area contributed by atoms with E-state index in [-0.39, 0.29) is 11.8 Å². The molecule has 9 heteroatoms. The van der Waals surface area contributed by atoms with E-state index in [1.165, 1.54) is 4.90 Å². The second-order valence-corrected chi connectivity index (χ2v) is 7.23. The third-order valence-corrected chi connectivity index (χ3v) is 5.37. The van der Waals surface area contributed by atoms with Crippen molar-refractivity contribution in [2.45, 2.75) is 18.6 Å². The molecule has 2 aliphatic heterocycles. The molecular weight excluding hydrogens is 428 g/mol. The number of rotatable bonds is 5. The summed E-state index contributed by atoms with van der Waals surface area (Å²) in [7, 11) is 3.15. The number of hydrogen-bond acceptors (Lipinski definition) is 7. The molecule has 0 saturated carbocycles. The normalized spacial score (nSPS) is 20.7. The van der Waals surface area contributed by atoms with Crippen molar-refractivity contribution in [2.24, 2.45) is 10.3 Å². The van der Waals surface area contributed by atoms with E-state index >= 15 is 0 Å². The van der Waals surface area contributed by atoms with Gasteiger partial charge >= 0.3 is 0 Å². The van der Waals surface area contributed by atoms with Gasteiger partial charge < -0.3 is 9.47 Å². The van der Waals surface area contributed by atoms with Crippen molar-refractivity contribution in [1.82, 2.24) is 5.01 Å². The van der Waals surface area contributed by atoms with Crippen LogP contribution in [-0.4, -0.2) is 43.1 Å². The van der Waals surface area contributed by atoms with Crippen molar-refractivity contribution in [3.05, 3.63) is 52.5 Å². The van der Waals surface area contributed by atoms with Gasteiger partial charge in [0, 0.05) is 0 Å². The van der Waals surface area contributed by atoms with Gasteiger partial charge in [-0.2, -0.15) is 5.11 Å². The Balaban J connectivity index is 1.56. The zero-order valence-electron chi connectivity index (χ0n) is 15.2. The molecule has 0 radical (unpaired) electrons. The molecule has 2 aromatic rings. The largest absolute Gasteiger partial charge is 0.497 e. The average Bonchev–Trinajstić information content (AvgIpc) is 3.22. The number of amides is 2. The van der Waals surface area contributed by atoms with Crippen LogP contribution in [0.4, 0.5) is 5.69 Å². The Kier molecular flexibility index (Phi) is 4.76. The standard InChI is InChI=1S/C19H17BrN4O4/c1-27-13-6-4-12(5-7-13)24-18(25)16-17(19(24)26)23(22-21-16)10-11-3-8-15(28-2)14(20)9-11/h3-9,16-17H,10H2,1-2H3/t16-,17-/m0/s1. The second-order valence-electron chi connectivity index (χ2n) is 6.37. The number of ether oxygens (including phenoxy) is 2. The average molecular weight is 445 g/mol. The van der Waals surface area contributed by atoms with Crippen LogP contribution in [0.5, 0.6) is 11.5 Å². The molecule has 0 aliphatic carbocycles. The van der Waals surface area contributed by atoms with Crippen molar-refractivity contribution < 1.29 is 19.1 Å². The molecule has 2 aliphatic rings. The fraction of sp³-hybridized carbons (Fsp3) is 0.263. The first-order chi connectivity index (χ1) is 13.5. The van der Waals surface area contributed by atoms with E-state index in [4.69, 9.17) is 9.47 Å². The van der Waals surface area contributed by atoms with Gasteiger partial charge in [0.15, 0.2) is 12.1 Å². The van der Waals surface area contributed by atoms with Crippen LogP contribution in [-0.2, 0) is 16.1 Å². The smallest absolute Gasteiger partial charge is 0.263 e. The van der Waals surface area contributed by atoms with E-state index < -0.39 is 12.1 Å². The maximum absolute atomic E-state index is 13.0. The number of nitrogens with zero attached hydrogens (tertiary/aromatic N) is 4. The first-order valence-electron chi connectivity index (χ1n) is 8.55. The molecule has 4 rings (SSSR count). The van der Waals surface area contributed by atoms with Gasteiger partial charge in [-0.25, -0.2) is 4.90 Å². The molecule has 144 valence electrons. The summed E-state index contributed by atoms with van der Waals surface area (Å²) in [5.74, 6) is 0.650. The van der Waals surface area contributed by atoms with Crippen molar-refractivity contribution in [3.8, 4) is 11.5 Å². The first kappa shape index (κ1) is 18.4. The first-order valence-corrected chi connectivity index (χ1v) is 9.34. The van der Waals surface area contributed by atoms with Crippen molar-refractivity contribution in [3.63, 3.8) is 0 Å². The molecular formula is C19H17BrN4O4. The van der Waals surface area contributed by atoms with Gasteiger partial charge in [0.05, 0.1) is 30.9 Å². The molecule has 0 aromatic heterocycles. The van der Waals surface area contributed by atoms with Gasteiger partial charge in [-0.3, -0.25) is 14.6 Å². The van der Waals surface area contributed by atoms with Gasteiger partial charge in [-0.05, 0) is 57.9 Å². The Morgan fingerprint density at radius 2 is 1.79 bits per heavy atom. The SMILES string of the molecule is COc1ccc(N2C(=O)[C@H]3N=NN(Cc4ccc(OC)c(Br)c4)[C@@H]3C2=O)cc1. The number of hydrogen-bond donors (Lipinski definition) is 0. The molecule has 2 heterocycles. The molecule has 2 amide bonds. The Labute approximate surface area is 169 Å². The van der Waals surface area contributed by atoms with Gasteiger partial charge in [0.25, 0.3) is 11.8 Å². The van der Waals surface area contributed by atoms with E-state index in [0.717, 1.165) is 10.0 Å². The van der Waals surface area contributed by atoms with Crippen molar-refractivity contribution >= 4 is 33.4 Å². The maximum atomic E-state index is 13.0. The number of fused-ring (bicyclic) bond motifs is 1. The Morgan fingerprint density at radius 3 is 2.43 bits per heavy atom. The van der Waals surface area contributed by atoms with Crippen LogP contribution in [0.3, 0.4) is 0 Å². The summed E-state index contributed by atoms with van der Waals surface area (Å²) >= 11 is 3.45. The van der Waals surface area contributed by atoms with Crippen LogP contribution >= 0.6 is 15.9 Å². The summed E-state index contributed by atoms with van der Waals surface area (Å²) in [6.45, 7) is 0.350. The van der Waals surface area contributed by atoms with Crippen LogP contribution in [0.15, 0.2) is 57.3 Å². The Bertz CT molecular complexity index is 963. The number of benzene rings is 2. The fourth-order valence-corrected chi connectivity index (χ4v) is 3.92. The highest BCUT2D eigenvalue weighted by Gasteiger charge is 2.54. The zero-order valence-corrected chi connectivity index (χ0v) is 16.8.